The fraction of sp³-hybridized carbons (Fsp3) is 0.471. The number of aromatic nitrogens is 2. The average Bonchev–Trinajstić information content (AvgIpc) is 3.21. The Bertz CT molecular complexity index is 602. The minimum absolute atomic E-state index is 0.565. The third-order valence-corrected chi connectivity index (χ3v) is 3.96. The number of hydrogen-bond donors (Lipinski definition) is 1. The van der Waals surface area contributed by atoms with Crippen LogP contribution in [0.5, 0.6) is 5.75 Å². The number of rotatable bonds is 7. The topological polar surface area (TPSA) is 39.1 Å². The third kappa shape index (κ3) is 3.45. The van der Waals surface area contributed by atoms with Gasteiger partial charge in [-0.2, -0.15) is 0 Å². The molecule has 21 heavy (non-hydrogen) atoms. The van der Waals surface area contributed by atoms with Gasteiger partial charge in [0, 0.05) is 24.7 Å². The van der Waals surface area contributed by atoms with E-state index in [4.69, 9.17) is 4.74 Å². The quantitative estimate of drug-likeness (QED) is 0.850. The van der Waals surface area contributed by atoms with Crippen LogP contribution in [0.2, 0.25) is 0 Å². The van der Waals surface area contributed by atoms with Crippen molar-refractivity contribution in [3.8, 4) is 5.75 Å². The molecule has 0 atom stereocenters. The van der Waals surface area contributed by atoms with Crippen molar-refractivity contribution in [1.82, 2.24) is 14.9 Å². The van der Waals surface area contributed by atoms with E-state index in [1.165, 1.54) is 24.0 Å². The molecule has 1 fully saturated rings. The van der Waals surface area contributed by atoms with Gasteiger partial charge in [0.1, 0.15) is 12.4 Å². The van der Waals surface area contributed by atoms with Crippen LogP contribution in [0.4, 0.5) is 0 Å². The standard InChI is InChI=1S/C17H23N3O/c1-3-20-12-18-10-16(20)11-21-17-13(2)5-4-6-14(17)9-19-15-7-8-15/h4-6,10,12,15,19H,3,7-9,11H2,1-2H3. The van der Waals surface area contributed by atoms with E-state index in [-0.39, 0.29) is 0 Å². The molecule has 0 aliphatic heterocycles. The van der Waals surface area contributed by atoms with E-state index in [9.17, 15) is 0 Å². The lowest BCUT2D eigenvalue weighted by Gasteiger charge is -2.15. The molecule has 1 aromatic carbocycles. The van der Waals surface area contributed by atoms with Crippen LogP contribution in [0.25, 0.3) is 0 Å². The van der Waals surface area contributed by atoms with Crippen molar-refractivity contribution < 1.29 is 4.74 Å². The van der Waals surface area contributed by atoms with Gasteiger partial charge in [-0.15, -0.1) is 0 Å². The summed E-state index contributed by atoms with van der Waals surface area (Å²) in [6.07, 6.45) is 6.34. The Morgan fingerprint density at radius 2 is 2.24 bits per heavy atom. The van der Waals surface area contributed by atoms with E-state index in [0.29, 0.717) is 12.6 Å². The number of benzene rings is 1. The van der Waals surface area contributed by atoms with Crippen LogP contribution in [0, 0.1) is 6.92 Å². The Hall–Kier alpha value is -1.81. The van der Waals surface area contributed by atoms with E-state index in [1.54, 1.807) is 0 Å². The molecule has 3 rings (SSSR count). The van der Waals surface area contributed by atoms with Crippen molar-refractivity contribution in [2.75, 3.05) is 0 Å². The van der Waals surface area contributed by atoms with Crippen LogP contribution in [-0.4, -0.2) is 15.6 Å². The molecule has 0 radical (unpaired) electrons. The Kier molecular flexibility index (Phi) is 4.25. The number of hydrogen-bond acceptors (Lipinski definition) is 3. The zero-order chi connectivity index (χ0) is 14.7. The average molecular weight is 285 g/mol. The molecule has 1 aromatic heterocycles. The molecule has 1 aliphatic rings. The molecule has 0 amide bonds. The number of nitrogens with one attached hydrogen (secondary N) is 1. The van der Waals surface area contributed by atoms with Crippen LogP contribution < -0.4 is 10.1 Å². The number of nitrogens with zero attached hydrogens (tertiary/aromatic N) is 2. The largest absolute Gasteiger partial charge is 0.487 e. The highest BCUT2D eigenvalue weighted by Crippen LogP contribution is 2.26. The Morgan fingerprint density at radius 1 is 1.38 bits per heavy atom. The summed E-state index contributed by atoms with van der Waals surface area (Å²) in [4.78, 5) is 4.19. The van der Waals surface area contributed by atoms with Gasteiger partial charge in [0.15, 0.2) is 0 Å². The van der Waals surface area contributed by atoms with E-state index in [0.717, 1.165) is 24.5 Å². The molecule has 1 heterocycles. The van der Waals surface area contributed by atoms with Crippen molar-refractivity contribution in [1.29, 1.82) is 0 Å². The van der Waals surface area contributed by atoms with Crippen molar-refractivity contribution >= 4 is 0 Å². The maximum absolute atomic E-state index is 6.11. The SMILES string of the molecule is CCn1cncc1COc1c(C)cccc1CNC1CC1. The lowest BCUT2D eigenvalue weighted by Crippen LogP contribution is -2.16. The summed E-state index contributed by atoms with van der Waals surface area (Å²) in [5.41, 5.74) is 3.54. The lowest BCUT2D eigenvalue weighted by molar-refractivity contribution is 0.289. The van der Waals surface area contributed by atoms with Crippen LogP contribution in [0.1, 0.15) is 36.6 Å². The number of imidazole rings is 1. The zero-order valence-electron chi connectivity index (χ0n) is 12.8. The summed E-state index contributed by atoms with van der Waals surface area (Å²) in [7, 11) is 0. The molecule has 112 valence electrons. The molecule has 1 N–H and O–H groups in total. The van der Waals surface area contributed by atoms with E-state index in [2.05, 4.69) is 46.9 Å². The number of ether oxygens (including phenoxy) is 1. The Morgan fingerprint density at radius 3 is 3.00 bits per heavy atom. The molecular weight excluding hydrogens is 262 g/mol. The van der Waals surface area contributed by atoms with Gasteiger partial charge in [-0.05, 0) is 32.3 Å². The predicted octanol–water partition coefficient (Wildman–Crippen LogP) is 3.04. The first-order valence-corrected chi connectivity index (χ1v) is 7.71. The van der Waals surface area contributed by atoms with Gasteiger partial charge in [-0.1, -0.05) is 18.2 Å². The Balaban J connectivity index is 1.70. The molecule has 1 saturated carbocycles. The maximum Gasteiger partial charge on any atom is 0.130 e. The number of para-hydroxylation sites is 1. The molecule has 0 bridgehead atoms. The molecule has 4 heteroatoms. The minimum atomic E-state index is 0.565. The van der Waals surface area contributed by atoms with Crippen LogP contribution >= 0.6 is 0 Å². The van der Waals surface area contributed by atoms with Crippen molar-refractivity contribution in [2.45, 2.75) is 52.4 Å². The highest BCUT2D eigenvalue weighted by molar-refractivity contribution is 5.40. The van der Waals surface area contributed by atoms with E-state index < -0.39 is 0 Å². The second-order valence-electron chi connectivity index (χ2n) is 5.68. The minimum Gasteiger partial charge on any atom is -0.487 e. The van der Waals surface area contributed by atoms with Crippen molar-refractivity contribution in [3.63, 3.8) is 0 Å². The highest BCUT2D eigenvalue weighted by atomic mass is 16.5. The molecular formula is C17H23N3O. The van der Waals surface area contributed by atoms with Crippen LogP contribution in [-0.2, 0) is 19.7 Å². The van der Waals surface area contributed by atoms with E-state index in [1.807, 2.05) is 12.5 Å². The predicted molar refractivity (Wildman–Crippen MR) is 83.3 cm³/mol. The van der Waals surface area contributed by atoms with E-state index >= 15 is 0 Å². The second kappa shape index (κ2) is 6.31. The fourth-order valence-electron chi connectivity index (χ4n) is 2.50. The zero-order valence-corrected chi connectivity index (χ0v) is 12.8. The molecule has 1 aliphatic carbocycles. The monoisotopic (exact) mass is 285 g/mol. The summed E-state index contributed by atoms with van der Waals surface area (Å²) < 4.78 is 8.22. The number of aryl methyl sites for hydroxylation is 2. The second-order valence-corrected chi connectivity index (χ2v) is 5.68. The Labute approximate surface area is 126 Å². The maximum atomic E-state index is 6.11. The molecule has 0 spiro atoms. The third-order valence-electron chi connectivity index (χ3n) is 3.96. The first kappa shape index (κ1) is 14.1. The van der Waals surface area contributed by atoms with Gasteiger partial charge in [-0.3, -0.25) is 0 Å². The molecule has 2 aromatic rings. The normalized spacial score (nSPS) is 14.4. The summed E-state index contributed by atoms with van der Waals surface area (Å²) >= 11 is 0. The van der Waals surface area contributed by atoms with Gasteiger partial charge < -0.3 is 14.6 Å². The van der Waals surface area contributed by atoms with Crippen molar-refractivity contribution in [3.05, 3.63) is 47.5 Å². The summed E-state index contributed by atoms with van der Waals surface area (Å²) in [5.74, 6) is 1.01. The van der Waals surface area contributed by atoms with Gasteiger partial charge in [0.2, 0.25) is 0 Å². The molecule has 0 saturated heterocycles. The highest BCUT2D eigenvalue weighted by Gasteiger charge is 2.20. The summed E-state index contributed by atoms with van der Waals surface area (Å²) in [6.45, 7) is 6.59. The van der Waals surface area contributed by atoms with Gasteiger partial charge in [0.05, 0.1) is 18.2 Å². The smallest absolute Gasteiger partial charge is 0.130 e. The van der Waals surface area contributed by atoms with Crippen LogP contribution in [0.3, 0.4) is 0 Å². The van der Waals surface area contributed by atoms with Gasteiger partial charge in [-0.25, -0.2) is 4.98 Å². The lowest BCUT2D eigenvalue weighted by atomic mass is 10.1. The van der Waals surface area contributed by atoms with Crippen molar-refractivity contribution in [2.24, 2.45) is 0 Å². The van der Waals surface area contributed by atoms with Gasteiger partial charge >= 0.3 is 0 Å². The van der Waals surface area contributed by atoms with Crippen LogP contribution in [0.15, 0.2) is 30.7 Å². The fourth-order valence-corrected chi connectivity index (χ4v) is 2.50. The summed E-state index contributed by atoms with van der Waals surface area (Å²) in [5, 5.41) is 3.56. The molecule has 0 unspecified atom stereocenters. The summed E-state index contributed by atoms with van der Waals surface area (Å²) in [6, 6.07) is 7.06. The van der Waals surface area contributed by atoms with Gasteiger partial charge in [0.25, 0.3) is 0 Å². The first-order chi connectivity index (χ1) is 10.3. The molecule has 4 nitrogen and oxygen atoms in total. The first-order valence-electron chi connectivity index (χ1n) is 7.71.